The van der Waals surface area contributed by atoms with Gasteiger partial charge < -0.3 is 24.4 Å². The Morgan fingerprint density at radius 2 is 1.81 bits per heavy atom. The Bertz CT molecular complexity index is 615. The number of benzene rings is 1. The van der Waals surface area contributed by atoms with Crippen LogP contribution in [0, 0.1) is 0 Å². The number of amides is 3. The largest absolute Gasteiger partial charge is 0.383 e. The minimum absolute atomic E-state index is 0.0430. The van der Waals surface area contributed by atoms with Crippen molar-refractivity contribution in [2.75, 3.05) is 64.6 Å². The molecule has 0 aliphatic carbocycles. The van der Waals surface area contributed by atoms with Gasteiger partial charge >= 0.3 is 6.03 Å². The highest BCUT2D eigenvalue weighted by Crippen LogP contribution is 2.30. The van der Waals surface area contributed by atoms with E-state index in [0.717, 1.165) is 11.3 Å². The molecule has 0 spiro atoms. The lowest BCUT2D eigenvalue weighted by Gasteiger charge is -2.29. The average Bonchev–Trinajstić information content (AvgIpc) is 2.64. The number of aryl methyl sites for hydroxylation is 1. The summed E-state index contributed by atoms with van der Waals surface area (Å²) in [5.74, 6) is 0.0430. The number of carbonyl (C=O) groups is 2. The Morgan fingerprint density at radius 3 is 2.42 bits per heavy atom. The van der Waals surface area contributed by atoms with Crippen LogP contribution in [0.2, 0.25) is 0 Å². The van der Waals surface area contributed by atoms with Gasteiger partial charge in [0.25, 0.3) is 0 Å². The molecular weight excluding hydrogens is 338 g/mol. The van der Waals surface area contributed by atoms with Gasteiger partial charge in [0.15, 0.2) is 0 Å². The molecule has 8 heteroatoms. The van der Waals surface area contributed by atoms with Crippen LogP contribution in [0.25, 0.3) is 0 Å². The fraction of sp³-hybridized carbons (Fsp3) is 0.556. The Labute approximate surface area is 154 Å². The maximum absolute atomic E-state index is 12.5. The second-order valence-corrected chi connectivity index (χ2v) is 5.99. The highest BCUT2D eigenvalue weighted by atomic mass is 16.5. The molecule has 0 unspecified atom stereocenters. The summed E-state index contributed by atoms with van der Waals surface area (Å²) in [6.07, 6.45) is 1.08. The lowest BCUT2D eigenvalue weighted by atomic mass is 10.0. The molecule has 144 valence electrons. The molecule has 0 radical (unpaired) electrons. The molecule has 1 N–H and O–H groups in total. The number of anilines is 2. The number of nitrogens with one attached hydrogen (secondary N) is 1. The predicted octanol–water partition coefficient (Wildman–Crippen LogP) is 1.70. The summed E-state index contributed by atoms with van der Waals surface area (Å²) in [5, 5.41) is 2.91. The number of methoxy groups -OCH3 is 3. The first-order valence-electron chi connectivity index (χ1n) is 8.56. The molecule has 0 atom stereocenters. The molecule has 3 amide bonds. The van der Waals surface area contributed by atoms with E-state index in [1.807, 2.05) is 12.1 Å². The molecule has 1 aliphatic heterocycles. The third-order valence-corrected chi connectivity index (χ3v) is 4.21. The average molecular weight is 365 g/mol. The van der Waals surface area contributed by atoms with Gasteiger partial charge in [-0.25, -0.2) is 4.79 Å². The Hall–Kier alpha value is -2.16. The van der Waals surface area contributed by atoms with Crippen LogP contribution in [-0.2, 0) is 25.4 Å². The minimum atomic E-state index is -0.209. The van der Waals surface area contributed by atoms with Crippen molar-refractivity contribution in [1.29, 1.82) is 0 Å². The number of rotatable bonds is 9. The first kappa shape index (κ1) is 20.2. The quantitative estimate of drug-likeness (QED) is 0.720. The maximum atomic E-state index is 12.5. The highest BCUT2D eigenvalue weighted by molar-refractivity contribution is 5.97. The maximum Gasteiger partial charge on any atom is 0.321 e. The van der Waals surface area contributed by atoms with E-state index < -0.39 is 0 Å². The van der Waals surface area contributed by atoms with Gasteiger partial charge in [-0.1, -0.05) is 0 Å². The van der Waals surface area contributed by atoms with E-state index >= 15 is 0 Å². The van der Waals surface area contributed by atoms with Crippen molar-refractivity contribution in [2.45, 2.75) is 12.8 Å². The van der Waals surface area contributed by atoms with Crippen LogP contribution in [0.1, 0.15) is 12.0 Å². The number of urea groups is 1. The van der Waals surface area contributed by atoms with Gasteiger partial charge in [0.05, 0.1) is 13.2 Å². The van der Waals surface area contributed by atoms with Gasteiger partial charge in [0.2, 0.25) is 5.91 Å². The second-order valence-electron chi connectivity index (χ2n) is 5.99. The van der Waals surface area contributed by atoms with E-state index in [9.17, 15) is 9.59 Å². The standard InChI is InChI=1S/C18H27N3O5/c1-24-10-8-20(9-11-25-2)18(23)19-15-5-6-16-14(12-15)4-7-17(22)21(16)13-26-3/h5-6,12H,4,7-11,13H2,1-3H3,(H,19,23). The van der Waals surface area contributed by atoms with E-state index in [1.54, 1.807) is 37.2 Å². The van der Waals surface area contributed by atoms with Crippen molar-refractivity contribution in [2.24, 2.45) is 0 Å². The van der Waals surface area contributed by atoms with Crippen molar-refractivity contribution < 1.29 is 23.8 Å². The molecular formula is C18H27N3O5. The molecule has 0 fully saturated rings. The molecule has 8 nitrogen and oxygen atoms in total. The fourth-order valence-electron chi connectivity index (χ4n) is 2.83. The topological polar surface area (TPSA) is 80.3 Å². The minimum Gasteiger partial charge on any atom is -0.383 e. The molecule has 26 heavy (non-hydrogen) atoms. The zero-order valence-corrected chi connectivity index (χ0v) is 15.6. The zero-order valence-electron chi connectivity index (χ0n) is 15.6. The Kier molecular flexibility index (Phi) is 7.83. The van der Waals surface area contributed by atoms with E-state index in [4.69, 9.17) is 14.2 Å². The molecule has 1 aliphatic rings. The first-order chi connectivity index (χ1) is 12.6. The van der Waals surface area contributed by atoms with Crippen LogP contribution in [0.4, 0.5) is 16.2 Å². The van der Waals surface area contributed by atoms with Crippen LogP contribution in [0.3, 0.4) is 0 Å². The van der Waals surface area contributed by atoms with Crippen molar-refractivity contribution in [3.05, 3.63) is 23.8 Å². The molecule has 1 aromatic carbocycles. The summed E-state index contributed by atoms with van der Waals surface area (Å²) in [6, 6.07) is 5.34. The zero-order chi connectivity index (χ0) is 18.9. The SMILES string of the molecule is COCCN(CCOC)C(=O)Nc1ccc2c(c1)CCC(=O)N2COC. The number of carbonyl (C=O) groups excluding carboxylic acids is 2. The van der Waals surface area contributed by atoms with Crippen LogP contribution in [0.15, 0.2) is 18.2 Å². The molecule has 2 rings (SSSR count). The summed E-state index contributed by atoms with van der Waals surface area (Å²) in [7, 11) is 4.76. The summed E-state index contributed by atoms with van der Waals surface area (Å²) in [5.41, 5.74) is 2.54. The third-order valence-electron chi connectivity index (χ3n) is 4.21. The molecule has 1 aromatic rings. The number of ether oxygens (including phenoxy) is 3. The molecule has 1 heterocycles. The summed E-state index contributed by atoms with van der Waals surface area (Å²) < 4.78 is 15.2. The second kappa shape index (κ2) is 10.1. The van der Waals surface area contributed by atoms with Gasteiger partial charge in [0.1, 0.15) is 6.73 Å². The van der Waals surface area contributed by atoms with Crippen molar-refractivity contribution >= 4 is 23.3 Å². The van der Waals surface area contributed by atoms with E-state index in [2.05, 4.69) is 5.32 Å². The summed E-state index contributed by atoms with van der Waals surface area (Å²) in [6.45, 7) is 2.09. The van der Waals surface area contributed by atoms with Gasteiger partial charge in [-0.3, -0.25) is 9.69 Å². The third kappa shape index (κ3) is 5.17. The number of fused-ring (bicyclic) bond motifs is 1. The monoisotopic (exact) mass is 365 g/mol. The van der Waals surface area contributed by atoms with Crippen molar-refractivity contribution in [3.8, 4) is 0 Å². The van der Waals surface area contributed by atoms with Crippen molar-refractivity contribution in [3.63, 3.8) is 0 Å². The van der Waals surface area contributed by atoms with Crippen molar-refractivity contribution in [1.82, 2.24) is 4.90 Å². The fourth-order valence-corrected chi connectivity index (χ4v) is 2.83. The van der Waals surface area contributed by atoms with Gasteiger partial charge in [-0.15, -0.1) is 0 Å². The molecule has 0 saturated heterocycles. The number of hydrogen-bond donors (Lipinski definition) is 1. The van der Waals surface area contributed by atoms with Gasteiger partial charge in [-0.2, -0.15) is 0 Å². The van der Waals surface area contributed by atoms with Crippen LogP contribution in [-0.4, -0.2) is 71.2 Å². The van der Waals surface area contributed by atoms with E-state index in [-0.39, 0.29) is 18.7 Å². The smallest absolute Gasteiger partial charge is 0.321 e. The molecule has 0 saturated carbocycles. The molecule has 0 aromatic heterocycles. The Morgan fingerprint density at radius 1 is 1.12 bits per heavy atom. The van der Waals surface area contributed by atoms with Crippen LogP contribution < -0.4 is 10.2 Å². The van der Waals surface area contributed by atoms with E-state index in [1.165, 1.54) is 0 Å². The lowest BCUT2D eigenvalue weighted by Crippen LogP contribution is -2.39. The summed E-state index contributed by atoms with van der Waals surface area (Å²) >= 11 is 0. The first-order valence-corrected chi connectivity index (χ1v) is 8.56. The Balaban J connectivity index is 2.09. The number of hydrogen-bond acceptors (Lipinski definition) is 5. The normalized spacial score (nSPS) is 13.5. The predicted molar refractivity (Wildman–Crippen MR) is 98.5 cm³/mol. The number of nitrogens with zero attached hydrogens (tertiary/aromatic N) is 2. The van der Waals surface area contributed by atoms with Crippen LogP contribution in [0.5, 0.6) is 0 Å². The van der Waals surface area contributed by atoms with Gasteiger partial charge in [0, 0.05) is 52.2 Å². The lowest BCUT2D eigenvalue weighted by molar-refractivity contribution is -0.119. The van der Waals surface area contributed by atoms with E-state index in [0.29, 0.717) is 44.8 Å². The van der Waals surface area contributed by atoms with Gasteiger partial charge in [-0.05, 0) is 30.2 Å². The summed E-state index contributed by atoms with van der Waals surface area (Å²) in [4.78, 5) is 27.8. The van der Waals surface area contributed by atoms with Crippen LogP contribution >= 0.6 is 0 Å². The molecule has 0 bridgehead atoms. The highest BCUT2D eigenvalue weighted by Gasteiger charge is 2.24.